The third-order valence-corrected chi connectivity index (χ3v) is 3.06. The molecular formula is C12H22N2O5S. The highest BCUT2D eigenvalue weighted by Crippen LogP contribution is 2.09. The fourth-order valence-corrected chi connectivity index (χ4v) is 2.41. The Kier molecular flexibility index (Phi) is 7.44. The molecule has 0 aliphatic heterocycles. The second-order valence-electron chi connectivity index (χ2n) is 4.97. The molecule has 0 spiro atoms. The van der Waals surface area contributed by atoms with Crippen LogP contribution < -0.4 is 4.72 Å². The fraction of sp³-hybridized carbons (Fsp3) is 0.667. The Morgan fingerprint density at radius 3 is 2.30 bits per heavy atom. The zero-order chi connectivity index (χ0) is 15.9. The van der Waals surface area contributed by atoms with Gasteiger partial charge in [0.1, 0.15) is 12.6 Å². The number of hydrogen-bond acceptors (Lipinski definition) is 4. The number of carbonyl (C=O) groups is 2. The molecule has 116 valence electrons. The summed E-state index contributed by atoms with van der Waals surface area (Å²) in [5.41, 5.74) is 0. The van der Waals surface area contributed by atoms with Crippen LogP contribution in [0.4, 0.5) is 0 Å². The molecule has 0 saturated heterocycles. The Morgan fingerprint density at radius 2 is 1.95 bits per heavy atom. The van der Waals surface area contributed by atoms with Crippen LogP contribution in [0.15, 0.2) is 12.7 Å². The maximum Gasteiger partial charge on any atom is 0.323 e. The van der Waals surface area contributed by atoms with E-state index in [0.29, 0.717) is 6.42 Å². The Labute approximate surface area is 119 Å². The number of carbonyl (C=O) groups excluding carboxylic acids is 1. The largest absolute Gasteiger partial charge is 0.480 e. The predicted molar refractivity (Wildman–Crippen MR) is 75.6 cm³/mol. The van der Waals surface area contributed by atoms with Gasteiger partial charge in [0.2, 0.25) is 15.9 Å². The number of sulfonamides is 1. The minimum atomic E-state index is -3.56. The van der Waals surface area contributed by atoms with E-state index in [0.717, 1.165) is 11.2 Å². The fourth-order valence-electron chi connectivity index (χ4n) is 1.70. The van der Waals surface area contributed by atoms with E-state index >= 15 is 0 Å². The highest BCUT2D eigenvalue weighted by molar-refractivity contribution is 7.88. The summed E-state index contributed by atoms with van der Waals surface area (Å²) in [6, 6.07) is -0.968. The molecule has 0 aliphatic carbocycles. The molecule has 8 heteroatoms. The van der Waals surface area contributed by atoms with Crippen LogP contribution in [0.2, 0.25) is 0 Å². The summed E-state index contributed by atoms with van der Waals surface area (Å²) >= 11 is 0. The molecule has 2 N–H and O–H groups in total. The summed E-state index contributed by atoms with van der Waals surface area (Å²) in [7, 11) is -3.56. The molecular weight excluding hydrogens is 284 g/mol. The van der Waals surface area contributed by atoms with Crippen molar-refractivity contribution in [1.29, 1.82) is 0 Å². The Balaban J connectivity index is 5.13. The van der Waals surface area contributed by atoms with Crippen LogP contribution in [0, 0.1) is 5.92 Å². The molecule has 0 aromatic rings. The molecule has 1 amide bonds. The molecule has 20 heavy (non-hydrogen) atoms. The molecule has 0 saturated carbocycles. The standard InChI is InChI=1S/C12H22N2O5S/c1-5-6-14(8-11(15)16)12(17)10(7-9(2)3)13-20(4,18)19/h5,9-10,13H,1,6-8H2,2-4H3,(H,15,16). The van der Waals surface area contributed by atoms with E-state index in [1.165, 1.54) is 6.08 Å². The van der Waals surface area contributed by atoms with Crippen LogP contribution in [-0.4, -0.2) is 55.7 Å². The van der Waals surface area contributed by atoms with Crippen LogP contribution in [-0.2, 0) is 19.6 Å². The normalized spacial score (nSPS) is 13.0. The number of nitrogens with one attached hydrogen (secondary N) is 1. The highest BCUT2D eigenvalue weighted by atomic mass is 32.2. The second-order valence-corrected chi connectivity index (χ2v) is 6.75. The van der Waals surface area contributed by atoms with Gasteiger partial charge in [-0.3, -0.25) is 9.59 Å². The zero-order valence-corrected chi connectivity index (χ0v) is 12.8. The van der Waals surface area contributed by atoms with Crippen molar-refractivity contribution in [2.75, 3.05) is 19.3 Å². The lowest BCUT2D eigenvalue weighted by molar-refractivity contribution is -0.144. The summed E-state index contributed by atoms with van der Waals surface area (Å²) in [6.45, 7) is 6.70. The van der Waals surface area contributed by atoms with Gasteiger partial charge in [0.05, 0.1) is 6.26 Å². The Hall–Kier alpha value is -1.41. The number of nitrogens with zero attached hydrogens (tertiary/aromatic N) is 1. The molecule has 7 nitrogen and oxygen atoms in total. The molecule has 0 aromatic heterocycles. The van der Waals surface area contributed by atoms with Gasteiger partial charge in [-0.2, -0.15) is 0 Å². The first-order valence-corrected chi connectivity index (χ1v) is 8.04. The van der Waals surface area contributed by atoms with E-state index in [9.17, 15) is 18.0 Å². The summed E-state index contributed by atoms with van der Waals surface area (Å²) in [6.07, 6.45) is 2.65. The van der Waals surface area contributed by atoms with Crippen molar-refractivity contribution < 1.29 is 23.1 Å². The summed E-state index contributed by atoms with van der Waals surface area (Å²) in [5.74, 6) is -1.65. The van der Waals surface area contributed by atoms with Crippen LogP contribution in [0.25, 0.3) is 0 Å². The first kappa shape index (κ1) is 18.6. The van der Waals surface area contributed by atoms with Crippen molar-refractivity contribution in [3.05, 3.63) is 12.7 Å². The van der Waals surface area contributed by atoms with Gasteiger partial charge in [-0.1, -0.05) is 19.9 Å². The SMILES string of the molecule is C=CCN(CC(=O)O)C(=O)C(CC(C)C)NS(C)(=O)=O. The Bertz CT molecular complexity index is 458. The molecule has 0 radical (unpaired) electrons. The first-order valence-electron chi connectivity index (χ1n) is 6.15. The molecule has 0 aromatic carbocycles. The van der Waals surface area contributed by atoms with Crippen molar-refractivity contribution in [3.63, 3.8) is 0 Å². The van der Waals surface area contributed by atoms with Crippen molar-refractivity contribution in [3.8, 4) is 0 Å². The lowest BCUT2D eigenvalue weighted by atomic mass is 10.0. The third-order valence-electron chi connectivity index (χ3n) is 2.35. The van der Waals surface area contributed by atoms with Crippen LogP contribution in [0.5, 0.6) is 0 Å². The van der Waals surface area contributed by atoms with Gasteiger partial charge in [-0.25, -0.2) is 13.1 Å². The topological polar surface area (TPSA) is 104 Å². The highest BCUT2D eigenvalue weighted by Gasteiger charge is 2.28. The van der Waals surface area contributed by atoms with Crippen molar-refractivity contribution >= 4 is 21.9 Å². The van der Waals surface area contributed by atoms with Crippen molar-refractivity contribution in [1.82, 2.24) is 9.62 Å². The van der Waals surface area contributed by atoms with Gasteiger partial charge >= 0.3 is 5.97 Å². The lowest BCUT2D eigenvalue weighted by Crippen LogP contribution is -2.50. The maximum atomic E-state index is 12.3. The molecule has 0 bridgehead atoms. The van der Waals surface area contributed by atoms with Crippen LogP contribution in [0.3, 0.4) is 0 Å². The van der Waals surface area contributed by atoms with Crippen LogP contribution >= 0.6 is 0 Å². The molecule has 1 atom stereocenters. The quantitative estimate of drug-likeness (QED) is 0.586. The molecule has 0 rings (SSSR count). The first-order chi connectivity index (χ1) is 9.06. The summed E-state index contributed by atoms with van der Waals surface area (Å²) in [4.78, 5) is 24.1. The minimum Gasteiger partial charge on any atom is -0.480 e. The Morgan fingerprint density at radius 1 is 1.40 bits per heavy atom. The smallest absolute Gasteiger partial charge is 0.323 e. The van der Waals surface area contributed by atoms with Gasteiger partial charge in [0.15, 0.2) is 0 Å². The van der Waals surface area contributed by atoms with Gasteiger partial charge in [0.25, 0.3) is 0 Å². The number of amides is 1. The van der Waals surface area contributed by atoms with Crippen molar-refractivity contribution in [2.24, 2.45) is 5.92 Å². The summed E-state index contributed by atoms with van der Waals surface area (Å²) in [5, 5.41) is 8.79. The van der Waals surface area contributed by atoms with Gasteiger partial charge in [-0.15, -0.1) is 6.58 Å². The average Bonchev–Trinajstić information content (AvgIpc) is 2.23. The second kappa shape index (κ2) is 8.01. The van der Waals surface area contributed by atoms with Gasteiger partial charge in [0, 0.05) is 6.54 Å². The number of carboxylic acid groups (broad SMARTS) is 1. The van der Waals surface area contributed by atoms with E-state index in [1.54, 1.807) is 0 Å². The predicted octanol–water partition coefficient (Wildman–Crippen LogP) is 0.0495. The maximum absolute atomic E-state index is 12.3. The molecule has 1 unspecified atom stereocenters. The van der Waals surface area contributed by atoms with E-state index in [-0.39, 0.29) is 12.5 Å². The summed E-state index contributed by atoms with van der Waals surface area (Å²) < 4.78 is 24.9. The number of rotatable bonds is 9. The number of hydrogen-bond donors (Lipinski definition) is 2. The molecule has 0 fully saturated rings. The van der Waals surface area contributed by atoms with E-state index in [4.69, 9.17) is 5.11 Å². The minimum absolute atomic E-state index is 0.0468. The average molecular weight is 306 g/mol. The number of aliphatic carboxylic acids is 1. The third kappa shape index (κ3) is 7.90. The van der Waals surface area contributed by atoms with E-state index in [2.05, 4.69) is 11.3 Å². The van der Waals surface area contributed by atoms with Gasteiger partial charge < -0.3 is 10.0 Å². The van der Waals surface area contributed by atoms with Crippen LogP contribution in [0.1, 0.15) is 20.3 Å². The van der Waals surface area contributed by atoms with Crippen molar-refractivity contribution in [2.45, 2.75) is 26.3 Å². The monoisotopic (exact) mass is 306 g/mol. The molecule has 0 aliphatic rings. The van der Waals surface area contributed by atoms with Gasteiger partial charge in [-0.05, 0) is 12.3 Å². The van der Waals surface area contributed by atoms with E-state index in [1.807, 2.05) is 13.8 Å². The van der Waals surface area contributed by atoms with E-state index < -0.39 is 34.5 Å². The zero-order valence-electron chi connectivity index (χ0n) is 12.0. The lowest BCUT2D eigenvalue weighted by Gasteiger charge is -2.26. The molecule has 0 heterocycles. The number of carboxylic acids is 1.